The van der Waals surface area contributed by atoms with Crippen LogP contribution in [0.15, 0.2) is 24.3 Å². The summed E-state index contributed by atoms with van der Waals surface area (Å²) in [5.41, 5.74) is 0.829. The molecule has 0 aliphatic heterocycles. The van der Waals surface area contributed by atoms with Gasteiger partial charge in [-0.1, -0.05) is 26.0 Å². The van der Waals surface area contributed by atoms with Crippen molar-refractivity contribution in [2.24, 2.45) is 0 Å². The first-order chi connectivity index (χ1) is 7.22. The number of hydrogen-bond donors (Lipinski definition) is 1. The monoisotopic (exact) mass is 210 g/mol. The number of carbonyl (C=O) groups excluding carboxylic acids is 1. The first-order valence-corrected chi connectivity index (χ1v) is 5.04. The van der Waals surface area contributed by atoms with Gasteiger partial charge < -0.3 is 9.84 Å². The van der Waals surface area contributed by atoms with Crippen LogP contribution in [0.25, 0.3) is 0 Å². The molecule has 1 aromatic carbocycles. The number of aliphatic hydroxyl groups is 1. The Morgan fingerprint density at radius 1 is 1.27 bits per heavy atom. The molecule has 0 aliphatic rings. The van der Waals surface area contributed by atoms with E-state index in [-0.39, 0.29) is 19.0 Å². The van der Waals surface area contributed by atoms with E-state index in [2.05, 4.69) is 0 Å². The molecule has 0 radical (unpaired) electrons. The second kappa shape index (κ2) is 8.00. The van der Waals surface area contributed by atoms with E-state index < -0.39 is 0 Å². The molecule has 15 heavy (non-hydrogen) atoms. The van der Waals surface area contributed by atoms with Crippen LogP contribution in [0.5, 0.6) is 5.75 Å². The molecular formula is C12H18O3. The van der Waals surface area contributed by atoms with E-state index in [0.29, 0.717) is 5.75 Å². The van der Waals surface area contributed by atoms with Crippen LogP contribution in [-0.2, 0) is 11.4 Å². The van der Waals surface area contributed by atoms with E-state index >= 15 is 0 Å². The predicted molar refractivity (Wildman–Crippen MR) is 59.9 cm³/mol. The van der Waals surface area contributed by atoms with Crippen molar-refractivity contribution in [3.63, 3.8) is 0 Å². The number of rotatable bonds is 4. The third-order valence-corrected chi connectivity index (χ3v) is 1.55. The van der Waals surface area contributed by atoms with Crippen LogP contribution in [0.4, 0.5) is 0 Å². The van der Waals surface area contributed by atoms with Gasteiger partial charge in [0.15, 0.2) is 5.78 Å². The number of hydrogen-bond acceptors (Lipinski definition) is 3. The van der Waals surface area contributed by atoms with Gasteiger partial charge in [0.2, 0.25) is 0 Å². The summed E-state index contributed by atoms with van der Waals surface area (Å²) in [6.07, 6.45) is 0. The van der Waals surface area contributed by atoms with Gasteiger partial charge in [0, 0.05) is 0 Å². The average molecular weight is 210 g/mol. The summed E-state index contributed by atoms with van der Waals surface area (Å²) in [6, 6.07) is 6.98. The maximum absolute atomic E-state index is 10.6. The SMILES string of the molecule is CC.CC(=O)COc1ccc(CO)cc1. The summed E-state index contributed by atoms with van der Waals surface area (Å²) in [6.45, 7) is 5.59. The zero-order chi connectivity index (χ0) is 11.7. The summed E-state index contributed by atoms with van der Waals surface area (Å²) >= 11 is 0. The molecule has 0 unspecified atom stereocenters. The fraction of sp³-hybridized carbons (Fsp3) is 0.417. The van der Waals surface area contributed by atoms with E-state index in [0.717, 1.165) is 5.56 Å². The van der Waals surface area contributed by atoms with Crippen molar-refractivity contribution >= 4 is 5.78 Å². The highest BCUT2D eigenvalue weighted by molar-refractivity contribution is 5.77. The maximum Gasteiger partial charge on any atom is 0.167 e. The Hall–Kier alpha value is -1.35. The lowest BCUT2D eigenvalue weighted by atomic mass is 10.2. The number of ketones is 1. The Morgan fingerprint density at radius 2 is 1.80 bits per heavy atom. The van der Waals surface area contributed by atoms with Crippen molar-refractivity contribution in [3.05, 3.63) is 29.8 Å². The number of Topliss-reactive ketones (excluding diaryl/α,β-unsaturated/α-hetero) is 1. The molecule has 0 aliphatic carbocycles. The van der Waals surface area contributed by atoms with Gasteiger partial charge in [-0.05, 0) is 24.6 Å². The van der Waals surface area contributed by atoms with Crippen LogP contribution in [0.1, 0.15) is 26.3 Å². The van der Waals surface area contributed by atoms with Gasteiger partial charge in [-0.2, -0.15) is 0 Å². The van der Waals surface area contributed by atoms with Gasteiger partial charge >= 0.3 is 0 Å². The van der Waals surface area contributed by atoms with Crippen molar-refractivity contribution in [3.8, 4) is 5.75 Å². The second-order valence-electron chi connectivity index (χ2n) is 2.79. The highest BCUT2D eigenvalue weighted by Crippen LogP contribution is 2.11. The molecule has 0 heterocycles. The zero-order valence-electron chi connectivity index (χ0n) is 9.49. The fourth-order valence-electron chi connectivity index (χ4n) is 0.876. The summed E-state index contributed by atoms with van der Waals surface area (Å²) in [7, 11) is 0. The van der Waals surface area contributed by atoms with Crippen molar-refractivity contribution in [2.75, 3.05) is 6.61 Å². The minimum atomic E-state index is -0.00812. The molecule has 3 nitrogen and oxygen atoms in total. The van der Waals surface area contributed by atoms with Crippen LogP contribution in [0.2, 0.25) is 0 Å². The number of carbonyl (C=O) groups is 1. The lowest BCUT2D eigenvalue weighted by Crippen LogP contribution is -2.06. The molecule has 1 rings (SSSR count). The molecule has 0 bridgehead atoms. The highest BCUT2D eigenvalue weighted by atomic mass is 16.5. The third kappa shape index (κ3) is 5.86. The number of benzene rings is 1. The lowest BCUT2D eigenvalue weighted by Gasteiger charge is -2.03. The topological polar surface area (TPSA) is 46.5 Å². The minimum Gasteiger partial charge on any atom is -0.486 e. The van der Waals surface area contributed by atoms with E-state index in [4.69, 9.17) is 9.84 Å². The fourth-order valence-corrected chi connectivity index (χ4v) is 0.876. The molecule has 1 aromatic rings. The number of ether oxygens (including phenoxy) is 1. The number of aliphatic hydroxyl groups excluding tert-OH is 1. The van der Waals surface area contributed by atoms with Crippen LogP contribution < -0.4 is 4.74 Å². The standard InChI is InChI=1S/C10H12O3.C2H6/c1-8(12)7-13-10-4-2-9(6-11)3-5-10;1-2/h2-5,11H,6-7H2,1H3;1-2H3. The molecule has 0 atom stereocenters. The molecule has 0 saturated carbocycles. The highest BCUT2D eigenvalue weighted by Gasteiger charge is 1.96. The van der Waals surface area contributed by atoms with Crippen molar-refractivity contribution in [2.45, 2.75) is 27.4 Å². The third-order valence-electron chi connectivity index (χ3n) is 1.55. The average Bonchev–Trinajstić information content (AvgIpc) is 2.30. The molecule has 0 spiro atoms. The quantitative estimate of drug-likeness (QED) is 0.828. The van der Waals surface area contributed by atoms with Crippen LogP contribution in [0.3, 0.4) is 0 Å². The normalized spacial score (nSPS) is 8.80. The largest absolute Gasteiger partial charge is 0.486 e. The Balaban J connectivity index is 0.000000921. The van der Waals surface area contributed by atoms with Gasteiger partial charge in [0.05, 0.1) is 6.61 Å². The molecule has 0 saturated heterocycles. The summed E-state index contributed by atoms with van der Waals surface area (Å²) in [4.78, 5) is 10.6. The van der Waals surface area contributed by atoms with Gasteiger partial charge in [-0.15, -0.1) is 0 Å². The second-order valence-corrected chi connectivity index (χ2v) is 2.79. The van der Waals surface area contributed by atoms with Crippen molar-refractivity contribution in [1.29, 1.82) is 0 Å². The molecule has 1 N–H and O–H groups in total. The first-order valence-electron chi connectivity index (χ1n) is 5.04. The van der Waals surface area contributed by atoms with E-state index in [1.807, 2.05) is 13.8 Å². The zero-order valence-corrected chi connectivity index (χ0v) is 9.49. The molecule has 0 aromatic heterocycles. The van der Waals surface area contributed by atoms with E-state index in [1.54, 1.807) is 24.3 Å². The van der Waals surface area contributed by atoms with Crippen LogP contribution in [-0.4, -0.2) is 17.5 Å². The Morgan fingerprint density at radius 3 is 2.20 bits per heavy atom. The summed E-state index contributed by atoms with van der Waals surface area (Å²) in [5.74, 6) is 0.638. The van der Waals surface area contributed by atoms with Crippen LogP contribution in [0, 0.1) is 0 Å². The summed E-state index contributed by atoms with van der Waals surface area (Å²) in [5, 5.41) is 8.75. The van der Waals surface area contributed by atoms with E-state index in [9.17, 15) is 4.79 Å². The molecule has 84 valence electrons. The lowest BCUT2D eigenvalue weighted by molar-refractivity contribution is -0.118. The van der Waals surface area contributed by atoms with Gasteiger partial charge in [0.25, 0.3) is 0 Å². The molecular weight excluding hydrogens is 192 g/mol. The minimum absolute atomic E-state index is 0.00812. The van der Waals surface area contributed by atoms with E-state index in [1.165, 1.54) is 6.92 Å². The summed E-state index contributed by atoms with van der Waals surface area (Å²) < 4.78 is 5.14. The van der Waals surface area contributed by atoms with Crippen molar-refractivity contribution in [1.82, 2.24) is 0 Å². The molecule has 0 amide bonds. The predicted octanol–water partition coefficient (Wildman–Crippen LogP) is 2.17. The van der Waals surface area contributed by atoms with Gasteiger partial charge in [0.1, 0.15) is 12.4 Å². The smallest absolute Gasteiger partial charge is 0.167 e. The van der Waals surface area contributed by atoms with Crippen molar-refractivity contribution < 1.29 is 14.6 Å². The van der Waals surface area contributed by atoms with Gasteiger partial charge in [-0.3, -0.25) is 4.79 Å². The first kappa shape index (κ1) is 13.7. The Bertz CT molecular complexity index is 277. The molecule has 0 fully saturated rings. The molecule has 3 heteroatoms. The Kier molecular flexibility index (Phi) is 7.28. The maximum atomic E-state index is 10.6. The van der Waals surface area contributed by atoms with Gasteiger partial charge in [-0.25, -0.2) is 0 Å². The Labute approximate surface area is 90.7 Å². The van der Waals surface area contributed by atoms with Crippen LogP contribution >= 0.6 is 0 Å².